The molecule has 0 aliphatic rings. The molecule has 3 nitrogen and oxygen atoms in total. The van der Waals surface area contributed by atoms with Crippen molar-refractivity contribution in [3.8, 4) is 0 Å². The van der Waals surface area contributed by atoms with E-state index in [1.807, 2.05) is 26.1 Å². The van der Waals surface area contributed by atoms with E-state index in [1.165, 1.54) is 0 Å². The Hall–Kier alpha value is -0.940. The van der Waals surface area contributed by atoms with Gasteiger partial charge in [0.25, 0.3) is 0 Å². The third-order valence-corrected chi connectivity index (χ3v) is 3.46. The molecule has 0 saturated heterocycles. The molecule has 0 N–H and O–H groups in total. The molecule has 0 bridgehead atoms. The average Bonchev–Trinajstić information content (AvgIpc) is 2.65. The largest absolute Gasteiger partial charge is 0.354 e. The molecule has 2 aromatic rings. The van der Waals surface area contributed by atoms with Gasteiger partial charge in [0.1, 0.15) is 5.82 Å². The zero-order valence-electron chi connectivity index (χ0n) is 9.14. The molecule has 0 fully saturated rings. The first kappa shape index (κ1) is 11.5. The molecule has 0 unspecified atom stereocenters. The Kier molecular flexibility index (Phi) is 3.56. The number of halogens is 1. The van der Waals surface area contributed by atoms with Gasteiger partial charge >= 0.3 is 0 Å². The third kappa shape index (κ3) is 2.80. The minimum atomic E-state index is 0.791. The molecule has 16 heavy (non-hydrogen) atoms. The van der Waals surface area contributed by atoms with Gasteiger partial charge in [-0.05, 0) is 35.0 Å². The van der Waals surface area contributed by atoms with Crippen LogP contribution < -0.4 is 4.90 Å². The number of hydrogen-bond acceptors (Lipinski definition) is 4. The van der Waals surface area contributed by atoms with E-state index in [4.69, 9.17) is 0 Å². The molecule has 0 radical (unpaired) electrons. The van der Waals surface area contributed by atoms with Crippen molar-refractivity contribution in [1.82, 2.24) is 9.97 Å². The quantitative estimate of drug-likeness (QED) is 0.871. The van der Waals surface area contributed by atoms with Gasteiger partial charge in [-0.1, -0.05) is 0 Å². The number of nitrogens with zero attached hydrogens (tertiary/aromatic N) is 3. The number of thiazole rings is 1. The number of pyridine rings is 1. The zero-order chi connectivity index (χ0) is 11.5. The van der Waals surface area contributed by atoms with Crippen molar-refractivity contribution < 1.29 is 0 Å². The molecule has 0 saturated carbocycles. The van der Waals surface area contributed by atoms with Crippen LogP contribution in [-0.4, -0.2) is 17.0 Å². The van der Waals surface area contributed by atoms with E-state index in [1.54, 1.807) is 17.5 Å². The van der Waals surface area contributed by atoms with Gasteiger partial charge < -0.3 is 4.90 Å². The summed E-state index contributed by atoms with van der Waals surface area (Å²) in [5, 5.41) is 3.19. The van der Waals surface area contributed by atoms with Crippen LogP contribution in [0, 0.1) is 6.92 Å². The monoisotopic (exact) mass is 297 g/mol. The first-order chi connectivity index (χ1) is 7.65. The molecule has 2 heterocycles. The van der Waals surface area contributed by atoms with Crippen LogP contribution in [0.4, 0.5) is 5.82 Å². The maximum Gasteiger partial charge on any atom is 0.128 e. The summed E-state index contributed by atoms with van der Waals surface area (Å²) in [6, 6.07) is 3.98. The highest BCUT2D eigenvalue weighted by Crippen LogP contribution is 2.16. The molecule has 0 atom stereocenters. The molecule has 0 aliphatic carbocycles. The highest BCUT2D eigenvalue weighted by molar-refractivity contribution is 9.10. The van der Waals surface area contributed by atoms with E-state index >= 15 is 0 Å². The van der Waals surface area contributed by atoms with Crippen LogP contribution in [0.3, 0.4) is 0 Å². The summed E-state index contributed by atoms with van der Waals surface area (Å²) in [6.45, 7) is 2.81. The Morgan fingerprint density at radius 1 is 1.44 bits per heavy atom. The second-order valence-electron chi connectivity index (χ2n) is 3.55. The highest BCUT2D eigenvalue weighted by atomic mass is 79.9. The van der Waals surface area contributed by atoms with Gasteiger partial charge in [0.2, 0.25) is 0 Å². The van der Waals surface area contributed by atoms with Gasteiger partial charge in [-0.3, -0.25) is 0 Å². The lowest BCUT2D eigenvalue weighted by Gasteiger charge is -2.16. The normalized spacial score (nSPS) is 10.4. The molecular weight excluding hydrogens is 286 g/mol. The molecule has 2 aromatic heterocycles. The number of hydrogen-bond donors (Lipinski definition) is 0. The van der Waals surface area contributed by atoms with Crippen LogP contribution in [0.15, 0.2) is 28.2 Å². The smallest absolute Gasteiger partial charge is 0.128 e. The molecule has 0 spiro atoms. The van der Waals surface area contributed by atoms with Crippen LogP contribution in [0.1, 0.15) is 10.7 Å². The van der Waals surface area contributed by atoms with Crippen molar-refractivity contribution in [3.05, 3.63) is 38.9 Å². The zero-order valence-corrected chi connectivity index (χ0v) is 11.5. The van der Waals surface area contributed by atoms with Crippen molar-refractivity contribution in [1.29, 1.82) is 0 Å². The van der Waals surface area contributed by atoms with Crippen LogP contribution in [0.25, 0.3) is 0 Å². The summed E-state index contributed by atoms with van der Waals surface area (Å²) in [5.41, 5.74) is 1.09. The van der Waals surface area contributed by atoms with E-state index < -0.39 is 0 Å². The number of aryl methyl sites for hydroxylation is 1. The predicted molar refractivity (Wildman–Crippen MR) is 70.9 cm³/mol. The summed E-state index contributed by atoms with van der Waals surface area (Å²) in [6.07, 6.45) is 1.80. The van der Waals surface area contributed by atoms with Crippen molar-refractivity contribution in [2.24, 2.45) is 0 Å². The Balaban J connectivity index is 2.08. The lowest BCUT2D eigenvalue weighted by molar-refractivity contribution is 0.870. The lowest BCUT2D eigenvalue weighted by Crippen LogP contribution is -2.17. The van der Waals surface area contributed by atoms with Crippen molar-refractivity contribution in [3.63, 3.8) is 0 Å². The number of aromatic nitrogens is 2. The summed E-state index contributed by atoms with van der Waals surface area (Å²) in [4.78, 5) is 10.9. The molecule has 0 aliphatic heterocycles. The maximum absolute atomic E-state index is 4.43. The van der Waals surface area contributed by atoms with Gasteiger partial charge in [0.15, 0.2) is 0 Å². The topological polar surface area (TPSA) is 29.0 Å². The van der Waals surface area contributed by atoms with Gasteiger partial charge in [0.05, 0.1) is 17.2 Å². The second kappa shape index (κ2) is 4.93. The molecule has 84 valence electrons. The second-order valence-corrected chi connectivity index (χ2v) is 5.53. The van der Waals surface area contributed by atoms with Crippen molar-refractivity contribution in [2.45, 2.75) is 13.5 Å². The first-order valence-electron chi connectivity index (χ1n) is 4.89. The lowest BCUT2D eigenvalue weighted by atomic mass is 10.4. The standard InChI is InChI=1S/C11H12BrN3S/c1-8-14-10(7-16-8)6-15(2)11-4-3-9(12)5-13-11/h3-5,7H,6H2,1-2H3. The minimum absolute atomic E-state index is 0.791. The molecule has 5 heteroatoms. The molecule has 0 amide bonds. The molecule has 0 aromatic carbocycles. The van der Waals surface area contributed by atoms with E-state index in [0.717, 1.165) is 27.5 Å². The van der Waals surface area contributed by atoms with Gasteiger partial charge in [-0.25, -0.2) is 9.97 Å². The van der Waals surface area contributed by atoms with Crippen LogP contribution in [-0.2, 0) is 6.54 Å². The van der Waals surface area contributed by atoms with E-state index in [-0.39, 0.29) is 0 Å². The average molecular weight is 298 g/mol. The Morgan fingerprint density at radius 3 is 2.81 bits per heavy atom. The summed E-state index contributed by atoms with van der Waals surface area (Å²) >= 11 is 5.05. The van der Waals surface area contributed by atoms with E-state index in [9.17, 15) is 0 Å². The van der Waals surface area contributed by atoms with E-state index in [0.29, 0.717) is 0 Å². The fourth-order valence-corrected chi connectivity index (χ4v) is 2.24. The van der Waals surface area contributed by atoms with Gasteiger partial charge in [-0.15, -0.1) is 11.3 Å². The minimum Gasteiger partial charge on any atom is -0.354 e. The fraction of sp³-hybridized carbons (Fsp3) is 0.273. The van der Waals surface area contributed by atoms with Crippen molar-refractivity contribution >= 4 is 33.1 Å². The molecule has 2 rings (SSSR count). The van der Waals surface area contributed by atoms with Crippen LogP contribution in [0.2, 0.25) is 0 Å². The summed E-state index contributed by atoms with van der Waals surface area (Å²) in [5.74, 6) is 0.953. The van der Waals surface area contributed by atoms with Crippen LogP contribution in [0.5, 0.6) is 0 Å². The Labute approximate surface area is 107 Å². The van der Waals surface area contributed by atoms with Gasteiger partial charge in [0, 0.05) is 23.1 Å². The summed E-state index contributed by atoms with van der Waals surface area (Å²) in [7, 11) is 2.02. The third-order valence-electron chi connectivity index (χ3n) is 2.17. The van der Waals surface area contributed by atoms with Crippen LogP contribution >= 0.6 is 27.3 Å². The Bertz CT molecular complexity index is 466. The first-order valence-corrected chi connectivity index (χ1v) is 6.56. The predicted octanol–water partition coefficient (Wildman–Crippen LogP) is 3.25. The highest BCUT2D eigenvalue weighted by Gasteiger charge is 2.05. The van der Waals surface area contributed by atoms with Crippen molar-refractivity contribution in [2.75, 3.05) is 11.9 Å². The van der Waals surface area contributed by atoms with Gasteiger partial charge in [-0.2, -0.15) is 0 Å². The SMILES string of the molecule is Cc1nc(CN(C)c2ccc(Br)cn2)cs1. The summed E-state index contributed by atoms with van der Waals surface area (Å²) < 4.78 is 0.995. The number of rotatable bonds is 3. The van der Waals surface area contributed by atoms with E-state index in [2.05, 4.69) is 36.2 Å². The fourth-order valence-electron chi connectivity index (χ4n) is 1.40. The maximum atomic E-state index is 4.43. The Morgan fingerprint density at radius 2 is 2.25 bits per heavy atom. The number of anilines is 1. The molecular formula is C11H12BrN3S.